The number of pyridine rings is 1. The minimum atomic E-state index is -2.74. The van der Waals surface area contributed by atoms with Gasteiger partial charge in [0, 0.05) is 56.6 Å². The standard InChI is InChI=1S/C30H36BrN10O2P/c1-19-13-24(26(43-2)14-25(19)39-11-8-21(9-12-39)40-16-20(17-40)7-10-32)37-30-33-15-22(31)28(38-30)36-23-5-6-27-34-18-35-41(27)29(23)44(3,4)42/h5-6,13-15,18,20-21H,7-9,11-12,16-17H2,1-4H3,(H2,33,36,37,38). The van der Waals surface area contributed by atoms with E-state index in [-0.39, 0.29) is 0 Å². The number of ether oxygens (including phenoxy) is 1. The van der Waals surface area contributed by atoms with Gasteiger partial charge < -0.3 is 24.8 Å². The van der Waals surface area contributed by atoms with Crippen LogP contribution in [-0.2, 0) is 4.57 Å². The maximum atomic E-state index is 13.3. The number of hydrogen-bond acceptors (Lipinski definition) is 11. The van der Waals surface area contributed by atoms with Gasteiger partial charge in [-0.25, -0.2) is 14.5 Å². The molecular weight excluding hydrogens is 643 g/mol. The van der Waals surface area contributed by atoms with Crippen molar-refractivity contribution in [1.82, 2.24) is 29.5 Å². The maximum Gasteiger partial charge on any atom is 0.229 e. The van der Waals surface area contributed by atoms with E-state index in [1.54, 1.807) is 31.2 Å². The molecule has 2 fully saturated rings. The summed E-state index contributed by atoms with van der Waals surface area (Å²) in [4.78, 5) is 18.4. The van der Waals surface area contributed by atoms with Crippen molar-refractivity contribution in [2.24, 2.45) is 5.92 Å². The molecule has 4 aromatic rings. The highest BCUT2D eigenvalue weighted by Crippen LogP contribution is 2.40. The molecule has 0 atom stereocenters. The molecule has 2 saturated heterocycles. The summed E-state index contributed by atoms with van der Waals surface area (Å²) in [6.45, 7) is 9.59. The number of rotatable bonds is 9. The van der Waals surface area contributed by atoms with E-state index in [0.717, 1.165) is 56.0 Å². The van der Waals surface area contributed by atoms with Crippen LogP contribution < -0.4 is 25.7 Å². The normalized spacial score (nSPS) is 16.5. The number of halogens is 1. The molecule has 6 rings (SSSR count). The van der Waals surface area contributed by atoms with Crippen LogP contribution in [0.5, 0.6) is 5.75 Å². The molecule has 0 amide bonds. The second kappa shape index (κ2) is 12.3. The van der Waals surface area contributed by atoms with E-state index in [1.165, 1.54) is 6.33 Å². The first kappa shape index (κ1) is 30.3. The number of hydrogen-bond donors (Lipinski definition) is 2. The van der Waals surface area contributed by atoms with E-state index in [1.807, 2.05) is 12.1 Å². The molecule has 230 valence electrons. The summed E-state index contributed by atoms with van der Waals surface area (Å²) in [5.74, 6) is 2.13. The van der Waals surface area contributed by atoms with Crippen molar-refractivity contribution in [3.63, 3.8) is 0 Å². The first-order valence-electron chi connectivity index (χ1n) is 14.6. The number of nitrogens with zero attached hydrogens (tertiary/aromatic N) is 8. The summed E-state index contributed by atoms with van der Waals surface area (Å²) in [7, 11) is -1.08. The number of methoxy groups -OCH3 is 1. The van der Waals surface area contributed by atoms with Crippen molar-refractivity contribution in [3.05, 3.63) is 46.8 Å². The molecule has 2 aliphatic heterocycles. The van der Waals surface area contributed by atoms with Crippen LogP contribution in [0.1, 0.15) is 24.8 Å². The Hall–Kier alpha value is -3.72. The van der Waals surface area contributed by atoms with Gasteiger partial charge in [0.1, 0.15) is 30.5 Å². The first-order valence-corrected chi connectivity index (χ1v) is 18.0. The molecule has 3 aromatic heterocycles. The molecule has 44 heavy (non-hydrogen) atoms. The van der Waals surface area contributed by atoms with Gasteiger partial charge in [0.2, 0.25) is 5.95 Å². The fourth-order valence-electron chi connectivity index (χ4n) is 6.18. The van der Waals surface area contributed by atoms with Gasteiger partial charge in [-0.1, -0.05) is 0 Å². The molecule has 12 nitrogen and oxygen atoms in total. The molecule has 2 N–H and O–H groups in total. The van der Waals surface area contributed by atoms with Crippen LogP contribution in [0.3, 0.4) is 0 Å². The molecule has 1 aromatic carbocycles. The van der Waals surface area contributed by atoms with E-state index >= 15 is 0 Å². The molecule has 0 aliphatic carbocycles. The lowest BCUT2D eigenvalue weighted by Crippen LogP contribution is -2.55. The van der Waals surface area contributed by atoms with Crippen LogP contribution >= 0.6 is 23.1 Å². The second-order valence-corrected chi connectivity index (χ2v) is 15.8. The zero-order valence-electron chi connectivity index (χ0n) is 25.3. The summed E-state index contributed by atoms with van der Waals surface area (Å²) in [6, 6.07) is 10.7. The number of benzene rings is 1. The smallest absolute Gasteiger partial charge is 0.229 e. The number of nitriles is 1. The molecule has 0 unspecified atom stereocenters. The Morgan fingerprint density at radius 3 is 2.61 bits per heavy atom. The fourth-order valence-corrected chi connectivity index (χ4v) is 7.79. The number of aromatic nitrogens is 5. The van der Waals surface area contributed by atoms with Crippen molar-refractivity contribution >= 4 is 63.0 Å². The van der Waals surface area contributed by atoms with E-state index in [9.17, 15) is 4.57 Å². The monoisotopic (exact) mass is 678 g/mol. The Bertz CT molecular complexity index is 1770. The number of fused-ring (bicyclic) bond motifs is 1. The molecule has 0 saturated carbocycles. The topological polar surface area (TPSA) is 137 Å². The van der Waals surface area contributed by atoms with Gasteiger partial charge in [-0.05, 0) is 78.7 Å². The molecular formula is C30H36BrN10O2P. The van der Waals surface area contributed by atoms with Gasteiger partial charge in [0.15, 0.2) is 5.65 Å². The van der Waals surface area contributed by atoms with Gasteiger partial charge in [0.05, 0.1) is 29.0 Å². The van der Waals surface area contributed by atoms with Gasteiger partial charge in [-0.2, -0.15) is 15.3 Å². The first-order chi connectivity index (χ1) is 21.1. The third-order valence-corrected chi connectivity index (χ3v) is 10.4. The Labute approximate surface area is 265 Å². The number of likely N-dealkylation sites (tertiary alicyclic amines) is 1. The predicted molar refractivity (Wildman–Crippen MR) is 177 cm³/mol. The molecule has 5 heterocycles. The molecule has 0 radical (unpaired) electrons. The summed E-state index contributed by atoms with van der Waals surface area (Å²) >= 11 is 3.55. The third-order valence-electron chi connectivity index (χ3n) is 8.37. The number of piperidine rings is 1. The summed E-state index contributed by atoms with van der Waals surface area (Å²) < 4.78 is 21.3. The van der Waals surface area contributed by atoms with Crippen LogP contribution in [0.25, 0.3) is 5.65 Å². The van der Waals surface area contributed by atoms with Gasteiger partial charge in [-0.15, -0.1) is 0 Å². The Morgan fingerprint density at radius 2 is 1.91 bits per heavy atom. The summed E-state index contributed by atoms with van der Waals surface area (Å²) in [5.41, 5.74) is 4.85. The number of nitrogens with one attached hydrogen (secondary N) is 2. The minimum Gasteiger partial charge on any atom is -0.494 e. The molecule has 0 bridgehead atoms. The maximum absolute atomic E-state index is 13.3. The quantitative estimate of drug-likeness (QED) is 0.228. The van der Waals surface area contributed by atoms with Crippen molar-refractivity contribution in [1.29, 1.82) is 5.26 Å². The molecule has 14 heteroatoms. The highest BCUT2D eigenvalue weighted by molar-refractivity contribution is 9.10. The van der Waals surface area contributed by atoms with Crippen LogP contribution in [0.2, 0.25) is 0 Å². The van der Waals surface area contributed by atoms with Crippen molar-refractivity contribution in [2.45, 2.75) is 32.2 Å². The summed E-state index contributed by atoms with van der Waals surface area (Å²) in [5, 5.41) is 19.9. The van der Waals surface area contributed by atoms with E-state index in [2.05, 4.69) is 76.6 Å². The Balaban J connectivity index is 1.19. The van der Waals surface area contributed by atoms with E-state index < -0.39 is 7.14 Å². The lowest BCUT2D eigenvalue weighted by atomic mass is 9.91. The zero-order valence-corrected chi connectivity index (χ0v) is 27.8. The lowest BCUT2D eigenvalue weighted by molar-refractivity contribution is 0.0435. The minimum absolute atomic E-state index is 0.380. The van der Waals surface area contributed by atoms with Crippen LogP contribution in [0.4, 0.5) is 28.8 Å². The predicted octanol–water partition coefficient (Wildman–Crippen LogP) is 5.15. The number of aryl methyl sites for hydroxylation is 1. The lowest BCUT2D eigenvalue weighted by Gasteiger charge is -2.47. The molecule has 2 aliphatic rings. The molecule has 0 spiro atoms. The van der Waals surface area contributed by atoms with Crippen LogP contribution in [0, 0.1) is 24.2 Å². The Morgan fingerprint density at radius 1 is 1.14 bits per heavy atom. The van der Waals surface area contributed by atoms with Crippen LogP contribution in [-0.4, -0.2) is 82.1 Å². The van der Waals surface area contributed by atoms with E-state index in [0.29, 0.717) is 57.1 Å². The number of anilines is 5. The van der Waals surface area contributed by atoms with Gasteiger partial charge >= 0.3 is 0 Å². The fraction of sp³-hybridized carbons (Fsp3) is 0.433. The van der Waals surface area contributed by atoms with Gasteiger partial charge in [-0.3, -0.25) is 4.90 Å². The summed E-state index contributed by atoms with van der Waals surface area (Å²) in [6.07, 6.45) is 6.01. The van der Waals surface area contributed by atoms with Crippen molar-refractivity contribution < 1.29 is 9.30 Å². The zero-order chi connectivity index (χ0) is 31.0. The average molecular weight is 680 g/mol. The van der Waals surface area contributed by atoms with Crippen molar-refractivity contribution in [3.8, 4) is 11.8 Å². The second-order valence-electron chi connectivity index (χ2n) is 11.8. The van der Waals surface area contributed by atoms with Crippen molar-refractivity contribution in [2.75, 3.05) is 62.2 Å². The average Bonchev–Trinajstić information content (AvgIpc) is 3.45. The Kier molecular flexibility index (Phi) is 8.51. The highest BCUT2D eigenvalue weighted by Gasteiger charge is 2.34. The van der Waals surface area contributed by atoms with Crippen LogP contribution in [0.15, 0.2) is 41.3 Å². The SMILES string of the molecule is COc1cc(N2CCC(N3CC(CC#N)C3)CC2)c(C)cc1Nc1ncc(Br)c(Nc2ccc3ncnn3c2P(C)(C)=O)n1. The largest absolute Gasteiger partial charge is 0.494 e. The third kappa shape index (κ3) is 6.11. The van der Waals surface area contributed by atoms with E-state index in [4.69, 9.17) is 15.0 Å². The highest BCUT2D eigenvalue weighted by atomic mass is 79.9. The van der Waals surface area contributed by atoms with Gasteiger partial charge in [0.25, 0.3) is 0 Å².